The first-order chi connectivity index (χ1) is 14.6. The van der Waals surface area contributed by atoms with Gasteiger partial charge < -0.3 is 19.5 Å². The molecule has 30 heavy (non-hydrogen) atoms. The monoisotopic (exact) mass is 403 g/mol. The van der Waals surface area contributed by atoms with Crippen LogP contribution in [0.25, 0.3) is 6.08 Å². The van der Waals surface area contributed by atoms with E-state index in [9.17, 15) is 4.79 Å². The van der Waals surface area contributed by atoms with Crippen molar-refractivity contribution in [1.82, 2.24) is 0 Å². The van der Waals surface area contributed by atoms with Crippen LogP contribution in [0, 0.1) is 11.3 Å². The number of anilines is 1. The number of hydrogen-bond acceptors (Lipinski definition) is 5. The van der Waals surface area contributed by atoms with Crippen molar-refractivity contribution >= 4 is 17.7 Å². The fourth-order valence-corrected chi connectivity index (χ4v) is 4.76. The van der Waals surface area contributed by atoms with Gasteiger partial charge in [0.25, 0.3) is 0 Å². The van der Waals surface area contributed by atoms with Gasteiger partial charge in [-0.15, -0.1) is 0 Å². The highest BCUT2D eigenvalue weighted by molar-refractivity contribution is 5.81. The predicted octanol–water partition coefficient (Wildman–Crippen LogP) is 4.59. The Balaban J connectivity index is 1.18. The number of carbonyl (C=O) groups excluding carboxylic acids is 1. The molecule has 2 unspecified atom stereocenters. The minimum Gasteiger partial charge on any atom is -0.465 e. The number of rotatable bonds is 6. The lowest BCUT2D eigenvalue weighted by atomic mass is 9.75. The molecule has 0 spiro atoms. The maximum Gasteiger partial charge on any atom is 0.313 e. The number of fused-ring (bicyclic) bond motifs is 2. The van der Waals surface area contributed by atoms with E-state index in [1.54, 1.807) is 0 Å². The van der Waals surface area contributed by atoms with Crippen LogP contribution in [0.5, 0.6) is 11.5 Å². The largest absolute Gasteiger partial charge is 0.465 e. The zero-order valence-electron chi connectivity index (χ0n) is 16.9. The lowest BCUT2D eigenvalue weighted by Gasteiger charge is -2.24. The molecule has 2 fully saturated rings. The number of hydrogen-bond donors (Lipinski definition) is 1. The Kier molecular flexibility index (Phi) is 4.74. The predicted molar refractivity (Wildman–Crippen MR) is 115 cm³/mol. The van der Waals surface area contributed by atoms with Crippen molar-refractivity contribution in [3.05, 3.63) is 71.8 Å². The Morgan fingerprint density at radius 1 is 1.10 bits per heavy atom. The quantitative estimate of drug-likeness (QED) is 0.565. The molecule has 154 valence electrons. The molecule has 1 saturated carbocycles. The average molecular weight is 403 g/mol. The molecular weight excluding hydrogens is 378 g/mol. The molecule has 1 aliphatic carbocycles. The molecule has 1 N–H and O–H groups in total. The van der Waals surface area contributed by atoms with Crippen LogP contribution in [0.4, 0.5) is 5.69 Å². The zero-order valence-corrected chi connectivity index (χ0v) is 16.9. The summed E-state index contributed by atoms with van der Waals surface area (Å²) in [6.45, 7) is 5.65. The molecule has 2 heterocycles. The summed E-state index contributed by atoms with van der Waals surface area (Å²) in [4.78, 5) is 12.5. The number of nitrogens with one attached hydrogen (secondary N) is 1. The van der Waals surface area contributed by atoms with Gasteiger partial charge in [0, 0.05) is 18.2 Å². The Bertz CT molecular complexity index is 1010. The molecule has 5 nitrogen and oxygen atoms in total. The second-order valence-corrected chi connectivity index (χ2v) is 8.35. The first kappa shape index (κ1) is 18.8. The van der Waals surface area contributed by atoms with Crippen molar-refractivity contribution in [3.63, 3.8) is 0 Å². The van der Waals surface area contributed by atoms with E-state index in [4.69, 9.17) is 14.2 Å². The van der Waals surface area contributed by atoms with Gasteiger partial charge in [-0.05, 0) is 54.7 Å². The maximum atomic E-state index is 12.5. The third-order valence-corrected chi connectivity index (χ3v) is 6.31. The van der Waals surface area contributed by atoms with E-state index < -0.39 is 5.41 Å². The van der Waals surface area contributed by atoms with E-state index in [-0.39, 0.29) is 18.7 Å². The topological polar surface area (TPSA) is 56.8 Å². The van der Waals surface area contributed by atoms with Gasteiger partial charge in [0.05, 0.1) is 12.0 Å². The van der Waals surface area contributed by atoms with E-state index in [0.717, 1.165) is 47.6 Å². The molecule has 2 aromatic carbocycles. The van der Waals surface area contributed by atoms with Gasteiger partial charge in [0.1, 0.15) is 0 Å². The molecule has 5 rings (SSSR count). The minimum atomic E-state index is -0.403. The van der Waals surface area contributed by atoms with Crippen molar-refractivity contribution in [2.45, 2.75) is 19.3 Å². The van der Waals surface area contributed by atoms with Crippen LogP contribution in [0.2, 0.25) is 0 Å². The molecule has 0 aromatic heterocycles. The van der Waals surface area contributed by atoms with Crippen LogP contribution < -0.4 is 14.8 Å². The first-order valence-corrected chi connectivity index (χ1v) is 10.4. The summed E-state index contributed by atoms with van der Waals surface area (Å²) in [7, 11) is 0. The number of allylic oxidation sites excluding steroid dienone is 1. The Morgan fingerprint density at radius 3 is 2.80 bits per heavy atom. The summed E-state index contributed by atoms with van der Waals surface area (Å²) in [5, 5.41) is 3.40. The summed E-state index contributed by atoms with van der Waals surface area (Å²) in [6, 6.07) is 14.3. The molecule has 0 amide bonds. The lowest BCUT2D eigenvalue weighted by molar-refractivity contribution is -0.146. The number of esters is 1. The van der Waals surface area contributed by atoms with Crippen molar-refractivity contribution < 1.29 is 19.0 Å². The summed E-state index contributed by atoms with van der Waals surface area (Å²) >= 11 is 0. The minimum absolute atomic E-state index is 0.0537. The maximum absolute atomic E-state index is 12.5. The van der Waals surface area contributed by atoms with Crippen molar-refractivity contribution in [3.8, 4) is 11.5 Å². The van der Waals surface area contributed by atoms with Crippen LogP contribution >= 0.6 is 0 Å². The highest BCUT2D eigenvalue weighted by atomic mass is 16.7. The van der Waals surface area contributed by atoms with Gasteiger partial charge in [0.2, 0.25) is 6.79 Å². The van der Waals surface area contributed by atoms with Gasteiger partial charge in [-0.2, -0.15) is 0 Å². The second kappa shape index (κ2) is 7.56. The Hall–Kier alpha value is -3.21. The van der Waals surface area contributed by atoms with Crippen LogP contribution in [0.15, 0.2) is 60.7 Å². The number of cyclic esters (lactones) is 1. The van der Waals surface area contributed by atoms with E-state index in [1.807, 2.05) is 18.2 Å². The molecule has 5 heteroatoms. The van der Waals surface area contributed by atoms with E-state index in [0.29, 0.717) is 13.2 Å². The Morgan fingerprint density at radius 2 is 1.93 bits per heavy atom. The van der Waals surface area contributed by atoms with Gasteiger partial charge in [-0.3, -0.25) is 4.79 Å². The number of carbonyl (C=O) groups is 1. The van der Waals surface area contributed by atoms with E-state index in [2.05, 4.69) is 48.3 Å². The summed E-state index contributed by atoms with van der Waals surface area (Å²) in [5.41, 5.74) is 4.05. The highest BCUT2D eigenvalue weighted by Gasteiger charge is 2.55. The Labute approximate surface area is 176 Å². The summed E-state index contributed by atoms with van der Waals surface area (Å²) < 4.78 is 16.1. The van der Waals surface area contributed by atoms with Crippen LogP contribution in [0.1, 0.15) is 24.0 Å². The van der Waals surface area contributed by atoms with Gasteiger partial charge >= 0.3 is 5.97 Å². The second-order valence-electron chi connectivity index (χ2n) is 8.35. The average Bonchev–Trinajstić information content (AvgIpc) is 3.41. The van der Waals surface area contributed by atoms with Crippen LogP contribution in [-0.2, 0) is 16.0 Å². The normalized spacial score (nSPS) is 24.3. The van der Waals surface area contributed by atoms with Gasteiger partial charge in [-0.1, -0.05) is 42.5 Å². The SMILES string of the molecule is C=C1CC2COC(=O)C2(Cc2ccc(NC/C=C/c3ccc4c(c3)OCO4)cc2)C1. The van der Waals surface area contributed by atoms with Gasteiger partial charge in [-0.25, -0.2) is 0 Å². The van der Waals surface area contributed by atoms with Crippen molar-refractivity contribution in [2.75, 3.05) is 25.3 Å². The van der Waals surface area contributed by atoms with E-state index >= 15 is 0 Å². The zero-order chi connectivity index (χ0) is 20.6. The highest BCUT2D eigenvalue weighted by Crippen LogP contribution is 2.52. The fourth-order valence-electron chi connectivity index (χ4n) is 4.76. The molecule has 0 radical (unpaired) electrons. The van der Waals surface area contributed by atoms with Crippen LogP contribution in [-0.4, -0.2) is 25.9 Å². The fraction of sp³-hybridized carbons (Fsp3) is 0.320. The molecular formula is C25H25NO4. The van der Waals surface area contributed by atoms with Crippen molar-refractivity contribution in [2.24, 2.45) is 11.3 Å². The molecule has 2 aromatic rings. The van der Waals surface area contributed by atoms with Crippen molar-refractivity contribution in [1.29, 1.82) is 0 Å². The smallest absolute Gasteiger partial charge is 0.313 e. The third-order valence-electron chi connectivity index (χ3n) is 6.31. The molecule has 0 bridgehead atoms. The number of benzene rings is 2. The molecule has 1 saturated heterocycles. The van der Waals surface area contributed by atoms with Gasteiger partial charge in [0.15, 0.2) is 11.5 Å². The standard InChI is InChI=1S/C25H25NO4/c1-17-11-20-15-28-24(27)25(20,13-17)14-19-4-7-21(8-5-19)26-10-2-3-18-6-9-22-23(12-18)30-16-29-22/h2-9,12,20,26H,1,10-11,13-16H2/b3-2+. The number of ether oxygens (including phenoxy) is 3. The van der Waals surface area contributed by atoms with E-state index in [1.165, 1.54) is 5.57 Å². The molecule has 3 aliphatic rings. The van der Waals surface area contributed by atoms with Crippen LogP contribution in [0.3, 0.4) is 0 Å². The molecule has 2 aliphatic heterocycles. The third kappa shape index (κ3) is 3.45. The summed E-state index contributed by atoms with van der Waals surface area (Å²) in [6.07, 6.45) is 6.51. The molecule has 2 atom stereocenters. The first-order valence-electron chi connectivity index (χ1n) is 10.4. The lowest BCUT2D eigenvalue weighted by Crippen LogP contribution is -2.31. The summed E-state index contributed by atoms with van der Waals surface area (Å²) in [5.74, 6) is 1.81.